The molecule has 5 nitrogen and oxygen atoms in total. The van der Waals surface area contributed by atoms with Gasteiger partial charge >= 0.3 is 0 Å². The fourth-order valence-electron chi connectivity index (χ4n) is 4.21. The van der Waals surface area contributed by atoms with Crippen LogP contribution >= 0.6 is 11.3 Å². The summed E-state index contributed by atoms with van der Waals surface area (Å²) in [5.74, 6) is 2.30. The second-order valence-electron chi connectivity index (χ2n) is 7.33. The van der Waals surface area contributed by atoms with E-state index >= 15 is 0 Å². The average molecular weight is 370 g/mol. The Kier molecular flexibility index (Phi) is 3.89. The molecule has 2 aliphatic heterocycles. The van der Waals surface area contributed by atoms with Gasteiger partial charge in [-0.2, -0.15) is 0 Å². The molecule has 2 unspecified atom stereocenters. The number of rotatable bonds is 3. The first-order chi connectivity index (χ1) is 12.7. The van der Waals surface area contributed by atoms with Crippen molar-refractivity contribution in [2.45, 2.75) is 38.1 Å². The van der Waals surface area contributed by atoms with Crippen molar-refractivity contribution in [3.63, 3.8) is 0 Å². The molecule has 0 bridgehead atoms. The molecule has 6 heteroatoms. The number of aryl methyl sites for hydroxylation is 1. The van der Waals surface area contributed by atoms with E-state index in [1.807, 2.05) is 13.0 Å². The van der Waals surface area contributed by atoms with Crippen LogP contribution in [0, 0.1) is 12.8 Å². The number of fused-ring (bicyclic) bond motifs is 1. The third kappa shape index (κ3) is 2.76. The van der Waals surface area contributed by atoms with Gasteiger partial charge in [-0.25, -0.2) is 4.98 Å². The van der Waals surface area contributed by atoms with Crippen LogP contribution in [0.25, 0.3) is 0 Å². The normalized spacial score (nSPS) is 26.8. The van der Waals surface area contributed by atoms with E-state index in [1.165, 1.54) is 5.56 Å². The molecular formula is C20H22N2O3S. The SMILES string of the molecule is Cc1nc([C@H]2CCCN2C(=O)C2CC2c2ccc3c(c2)OCCO3)cs1. The van der Waals surface area contributed by atoms with Gasteiger partial charge in [0.15, 0.2) is 11.5 Å². The van der Waals surface area contributed by atoms with Gasteiger partial charge in [-0.15, -0.1) is 11.3 Å². The van der Waals surface area contributed by atoms with Crippen LogP contribution in [0.3, 0.4) is 0 Å². The zero-order chi connectivity index (χ0) is 17.7. The molecule has 0 N–H and O–H groups in total. The summed E-state index contributed by atoms with van der Waals surface area (Å²) in [4.78, 5) is 19.8. The van der Waals surface area contributed by atoms with Gasteiger partial charge < -0.3 is 14.4 Å². The minimum absolute atomic E-state index is 0.0953. The summed E-state index contributed by atoms with van der Waals surface area (Å²) in [5.41, 5.74) is 2.25. The Morgan fingerprint density at radius 1 is 1.27 bits per heavy atom. The van der Waals surface area contributed by atoms with Crippen molar-refractivity contribution in [3.05, 3.63) is 39.8 Å². The maximum atomic E-state index is 13.1. The predicted octanol–water partition coefficient (Wildman–Crippen LogP) is 3.69. The quantitative estimate of drug-likeness (QED) is 0.827. The molecule has 1 aromatic heterocycles. The summed E-state index contributed by atoms with van der Waals surface area (Å²) in [5, 5.41) is 3.18. The standard InChI is InChI=1S/C20H22N2O3S/c1-12-21-16(11-26-12)17-3-2-6-22(17)20(23)15-10-14(15)13-4-5-18-19(9-13)25-8-7-24-18/h4-5,9,11,14-15,17H,2-3,6-8,10H2,1H3/t14?,15?,17-/m1/s1. The number of hydrogen-bond acceptors (Lipinski definition) is 5. The molecule has 2 fully saturated rings. The van der Waals surface area contributed by atoms with Crippen molar-refractivity contribution < 1.29 is 14.3 Å². The van der Waals surface area contributed by atoms with E-state index < -0.39 is 0 Å². The third-order valence-corrected chi connectivity index (χ3v) is 6.41. The Morgan fingerprint density at radius 3 is 2.92 bits per heavy atom. The zero-order valence-electron chi connectivity index (χ0n) is 14.8. The first-order valence-corrected chi connectivity index (χ1v) is 10.2. The minimum Gasteiger partial charge on any atom is -0.486 e. The number of benzene rings is 1. The smallest absolute Gasteiger partial charge is 0.226 e. The van der Waals surface area contributed by atoms with Crippen LogP contribution in [-0.2, 0) is 4.79 Å². The van der Waals surface area contributed by atoms with Gasteiger partial charge in [0, 0.05) is 17.8 Å². The van der Waals surface area contributed by atoms with Crippen molar-refractivity contribution in [1.29, 1.82) is 0 Å². The number of aromatic nitrogens is 1. The van der Waals surface area contributed by atoms with E-state index in [9.17, 15) is 4.79 Å². The van der Waals surface area contributed by atoms with Crippen molar-refractivity contribution in [1.82, 2.24) is 9.88 Å². The van der Waals surface area contributed by atoms with Crippen molar-refractivity contribution in [2.75, 3.05) is 19.8 Å². The molecule has 1 aliphatic carbocycles. The molecule has 5 rings (SSSR count). The number of likely N-dealkylation sites (tertiary alicyclic amines) is 1. The molecule has 3 aliphatic rings. The van der Waals surface area contributed by atoms with Gasteiger partial charge in [0.2, 0.25) is 5.91 Å². The summed E-state index contributed by atoms with van der Waals surface area (Å²) in [6.07, 6.45) is 3.02. The molecule has 2 aromatic rings. The fraction of sp³-hybridized carbons (Fsp3) is 0.500. The molecule has 1 amide bonds. The van der Waals surface area contributed by atoms with E-state index in [2.05, 4.69) is 27.4 Å². The summed E-state index contributed by atoms with van der Waals surface area (Å²) in [6, 6.07) is 6.27. The molecule has 0 radical (unpaired) electrons. The average Bonchev–Trinajstić information content (AvgIpc) is 3.10. The van der Waals surface area contributed by atoms with Crippen LogP contribution < -0.4 is 9.47 Å². The fourth-order valence-corrected chi connectivity index (χ4v) is 4.87. The van der Waals surface area contributed by atoms with Crippen LogP contribution in [0.1, 0.15) is 47.5 Å². The first kappa shape index (κ1) is 16.1. The number of nitrogens with zero attached hydrogens (tertiary/aromatic N) is 2. The monoisotopic (exact) mass is 370 g/mol. The third-order valence-electron chi connectivity index (χ3n) is 5.62. The molecule has 0 spiro atoms. The van der Waals surface area contributed by atoms with Crippen LogP contribution in [0.4, 0.5) is 0 Å². The highest BCUT2D eigenvalue weighted by atomic mass is 32.1. The predicted molar refractivity (Wildman–Crippen MR) is 98.8 cm³/mol. The highest BCUT2D eigenvalue weighted by Crippen LogP contribution is 2.51. The second-order valence-corrected chi connectivity index (χ2v) is 8.40. The number of carbonyl (C=O) groups excluding carboxylic acids is 1. The Morgan fingerprint density at radius 2 is 2.12 bits per heavy atom. The number of hydrogen-bond donors (Lipinski definition) is 0. The Bertz CT molecular complexity index is 849. The Hall–Kier alpha value is -2.08. The summed E-state index contributed by atoms with van der Waals surface area (Å²) < 4.78 is 11.3. The Labute approximate surface area is 156 Å². The highest BCUT2D eigenvalue weighted by molar-refractivity contribution is 7.09. The number of carbonyl (C=O) groups is 1. The summed E-state index contributed by atoms with van der Waals surface area (Å²) in [6.45, 7) is 4.06. The second kappa shape index (κ2) is 6.27. The Balaban J connectivity index is 1.31. The van der Waals surface area contributed by atoms with Gasteiger partial charge in [-0.1, -0.05) is 6.07 Å². The summed E-state index contributed by atoms with van der Waals surface area (Å²) in [7, 11) is 0. The highest BCUT2D eigenvalue weighted by Gasteiger charge is 2.48. The minimum atomic E-state index is 0.0953. The number of ether oxygens (including phenoxy) is 2. The molecule has 3 heterocycles. The van der Waals surface area contributed by atoms with E-state index in [4.69, 9.17) is 9.47 Å². The lowest BCUT2D eigenvalue weighted by Gasteiger charge is -2.24. The van der Waals surface area contributed by atoms with Crippen LogP contribution in [0.2, 0.25) is 0 Å². The lowest BCUT2D eigenvalue weighted by atomic mass is 10.1. The lowest BCUT2D eigenvalue weighted by Crippen LogP contribution is -2.32. The molecule has 1 aromatic carbocycles. The van der Waals surface area contributed by atoms with Crippen molar-refractivity contribution >= 4 is 17.2 Å². The van der Waals surface area contributed by atoms with E-state index in [1.54, 1.807) is 11.3 Å². The number of thiazole rings is 1. The largest absolute Gasteiger partial charge is 0.486 e. The maximum absolute atomic E-state index is 13.1. The zero-order valence-corrected chi connectivity index (χ0v) is 15.6. The molecule has 136 valence electrons. The van der Waals surface area contributed by atoms with E-state index in [-0.39, 0.29) is 17.9 Å². The number of amides is 1. The van der Waals surface area contributed by atoms with Gasteiger partial charge in [-0.3, -0.25) is 4.79 Å². The van der Waals surface area contributed by atoms with Gasteiger partial charge in [0.05, 0.1) is 16.7 Å². The van der Waals surface area contributed by atoms with Crippen LogP contribution in [0.5, 0.6) is 11.5 Å². The van der Waals surface area contributed by atoms with Crippen LogP contribution in [-0.4, -0.2) is 35.5 Å². The van der Waals surface area contributed by atoms with Crippen molar-refractivity contribution in [3.8, 4) is 11.5 Å². The first-order valence-electron chi connectivity index (χ1n) is 9.33. The molecule has 26 heavy (non-hydrogen) atoms. The molecular weight excluding hydrogens is 348 g/mol. The molecule has 1 saturated heterocycles. The van der Waals surface area contributed by atoms with E-state index in [0.717, 1.165) is 48.0 Å². The summed E-state index contributed by atoms with van der Waals surface area (Å²) >= 11 is 1.66. The maximum Gasteiger partial charge on any atom is 0.226 e. The van der Waals surface area contributed by atoms with Crippen molar-refractivity contribution in [2.24, 2.45) is 5.92 Å². The lowest BCUT2D eigenvalue weighted by molar-refractivity contribution is -0.133. The van der Waals surface area contributed by atoms with Crippen LogP contribution in [0.15, 0.2) is 23.6 Å². The van der Waals surface area contributed by atoms with Gasteiger partial charge in [0.1, 0.15) is 13.2 Å². The van der Waals surface area contributed by atoms with Gasteiger partial charge in [0.25, 0.3) is 0 Å². The molecule has 3 atom stereocenters. The van der Waals surface area contributed by atoms with Gasteiger partial charge in [-0.05, 0) is 49.8 Å². The van der Waals surface area contributed by atoms with E-state index in [0.29, 0.717) is 19.1 Å². The molecule has 1 saturated carbocycles. The topological polar surface area (TPSA) is 51.7 Å².